The SMILES string of the molecule is Cl.NCc1ccc(-c2ccc(-c3ccccc3)cc2)cc1. The maximum Gasteiger partial charge on any atom is 0.0178 e. The van der Waals surface area contributed by atoms with Crippen molar-refractivity contribution < 1.29 is 0 Å². The van der Waals surface area contributed by atoms with Gasteiger partial charge in [0.1, 0.15) is 0 Å². The number of rotatable bonds is 3. The van der Waals surface area contributed by atoms with Crippen molar-refractivity contribution >= 4 is 12.4 Å². The second-order valence-corrected chi connectivity index (χ2v) is 4.84. The van der Waals surface area contributed by atoms with Crippen LogP contribution >= 0.6 is 12.4 Å². The van der Waals surface area contributed by atoms with Gasteiger partial charge >= 0.3 is 0 Å². The highest BCUT2D eigenvalue weighted by molar-refractivity contribution is 5.85. The molecule has 0 saturated heterocycles. The van der Waals surface area contributed by atoms with Crippen LogP contribution in [0.2, 0.25) is 0 Å². The predicted molar refractivity (Wildman–Crippen MR) is 92.5 cm³/mol. The van der Waals surface area contributed by atoms with Gasteiger partial charge in [-0.15, -0.1) is 12.4 Å². The van der Waals surface area contributed by atoms with Gasteiger partial charge in [0.25, 0.3) is 0 Å². The van der Waals surface area contributed by atoms with E-state index >= 15 is 0 Å². The first-order chi connectivity index (χ1) is 9.86. The number of hydrogen-bond acceptors (Lipinski definition) is 1. The maximum absolute atomic E-state index is 5.62. The van der Waals surface area contributed by atoms with Crippen molar-refractivity contribution in [1.29, 1.82) is 0 Å². The Morgan fingerprint density at radius 3 is 1.33 bits per heavy atom. The molecule has 0 aromatic heterocycles. The van der Waals surface area contributed by atoms with Gasteiger partial charge < -0.3 is 5.73 Å². The van der Waals surface area contributed by atoms with Gasteiger partial charge in [0.15, 0.2) is 0 Å². The molecule has 1 nitrogen and oxygen atoms in total. The average Bonchev–Trinajstić information content (AvgIpc) is 2.56. The summed E-state index contributed by atoms with van der Waals surface area (Å²) in [5.74, 6) is 0. The standard InChI is InChI=1S/C19H17N.ClH/c20-14-15-6-8-17(9-7-15)19-12-10-18(11-13-19)16-4-2-1-3-5-16;/h1-13H,14,20H2;1H. The zero-order chi connectivity index (χ0) is 13.8. The quantitative estimate of drug-likeness (QED) is 0.730. The Hall–Kier alpha value is -2.09. The molecule has 0 aliphatic carbocycles. The van der Waals surface area contributed by atoms with E-state index in [1.165, 1.54) is 22.3 Å². The van der Waals surface area contributed by atoms with Crippen molar-refractivity contribution in [3.05, 3.63) is 84.4 Å². The molecule has 0 aliphatic rings. The fourth-order valence-electron chi connectivity index (χ4n) is 2.32. The molecule has 106 valence electrons. The smallest absolute Gasteiger partial charge is 0.0178 e. The van der Waals surface area contributed by atoms with E-state index in [0.29, 0.717) is 6.54 Å². The largest absolute Gasteiger partial charge is 0.326 e. The van der Waals surface area contributed by atoms with E-state index in [-0.39, 0.29) is 12.4 Å². The first-order valence-corrected chi connectivity index (χ1v) is 6.82. The van der Waals surface area contributed by atoms with Crippen molar-refractivity contribution in [2.75, 3.05) is 0 Å². The normalized spacial score (nSPS) is 9.95. The molecule has 0 atom stereocenters. The molecule has 0 unspecified atom stereocenters. The molecule has 21 heavy (non-hydrogen) atoms. The first-order valence-electron chi connectivity index (χ1n) is 6.82. The zero-order valence-corrected chi connectivity index (χ0v) is 12.5. The lowest BCUT2D eigenvalue weighted by molar-refractivity contribution is 1.07. The van der Waals surface area contributed by atoms with E-state index in [9.17, 15) is 0 Å². The minimum absolute atomic E-state index is 0. The van der Waals surface area contributed by atoms with Crippen molar-refractivity contribution in [3.63, 3.8) is 0 Å². The van der Waals surface area contributed by atoms with Crippen LogP contribution in [0.4, 0.5) is 0 Å². The van der Waals surface area contributed by atoms with Crippen molar-refractivity contribution in [2.45, 2.75) is 6.54 Å². The van der Waals surface area contributed by atoms with Crippen LogP contribution in [0.5, 0.6) is 0 Å². The summed E-state index contributed by atoms with van der Waals surface area (Å²) in [7, 11) is 0. The maximum atomic E-state index is 5.62. The Kier molecular flexibility index (Phi) is 5.15. The second-order valence-electron chi connectivity index (χ2n) is 4.84. The van der Waals surface area contributed by atoms with E-state index in [0.717, 1.165) is 5.56 Å². The summed E-state index contributed by atoms with van der Waals surface area (Å²) in [5.41, 5.74) is 11.7. The zero-order valence-electron chi connectivity index (χ0n) is 11.7. The molecule has 2 N–H and O–H groups in total. The molecule has 3 aromatic carbocycles. The Bertz CT molecular complexity index is 673. The lowest BCUT2D eigenvalue weighted by Crippen LogP contribution is -1.95. The molecule has 0 heterocycles. The summed E-state index contributed by atoms with van der Waals surface area (Å²) in [6, 6.07) is 27.5. The molecule has 0 bridgehead atoms. The summed E-state index contributed by atoms with van der Waals surface area (Å²) in [4.78, 5) is 0. The van der Waals surface area contributed by atoms with Gasteiger partial charge in [-0.05, 0) is 27.8 Å². The average molecular weight is 296 g/mol. The Labute approximate surface area is 131 Å². The van der Waals surface area contributed by atoms with E-state index in [2.05, 4.69) is 72.8 Å². The Morgan fingerprint density at radius 2 is 0.905 bits per heavy atom. The van der Waals surface area contributed by atoms with Gasteiger partial charge in [0.2, 0.25) is 0 Å². The molecule has 3 rings (SSSR count). The molecule has 0 fully saturated rings. The lowest BCUT2D eigenvalue weighted by Gasteiger charge is -2.06. The van der Waals surface area contributed by atoms with Gasteiger partial charge in [-0.2, -0.15) is 0 Å². The summed E-state index contributed by atoms with van der Waals surface area (Å²) >= 11 is 0. The summed E-state index contributed by atoms with van der Waals surface area (Å²) in [5, 5.41) is 0. The number of benzene rings is 3. The van der Waals surface area contributed by atoms with Crippen LogP contribution in [0, 0.1) is 0 Å². The number of halogens is 1. The minimum Gasteiger partial charge on any atom is -0.326 e. The number of nitrogens with two attached hydrogens (primary N) is 1. The fraction of sp³-hybridized carbons (Fsp3) is 0.0526. The molecule has 0 aliphatic heterocycles. The highest BCUT2D eigenvalue weighted by atomic mass is 35.5. The van der Waals surface area contributed by atoms with Crippen LogP contribution in [-0.4, -0.2) is 0 Å². The van der Waals surface area contributed by atoms with Crippen LogP contribution in [0.3, 0.4) is 0 Å². The molecule has 0 saturated carbocycles. The van der Waals surface area contributed by atoms with Crippen molar-refractivity contribution in [1.82, 2.24) is 0 Å². The van der Waals surface area contributed by atoms with Crippen molar-refractivity contribution in [2.24, 2.45) is 5.73 Å². The first kappa shape index (κ1) is 15.3. The third-order valence-electron chi connectivity index (χ3n) is 3.51. The van der Waals surface area contributed by atoms with Gasteiger partial charge in [-0.25, -0.2) is 0 Å². The highest BCUT2D eigenvalue weighted by Crippen LogP contribution is 2.24. The second kappa shape index (κ2) is 7.07. The Morgan fingerprint density at radius 1 is 0.524 bits per heavy atom. The van der Waals surface area contributed by atoms with E-state index in [1.807, 2.05) is 6.07 Å². The van der Waals surface area contributed by atoms with Crippen LogP contribution in [0.15, 0.2) is 78.9 Å². The van der Waals surface area contributed by atoms with Gasteiger partial charge in [0, 0.05) is 6.54 Å². The number of hydrogen-bond donors (Lipinski definition) is 1. The van der Waals surface area contributed by atoms with Crippen LogP contribution in [-0.2, 0) is 6.54 Å². The summed E-state index contributed by atoms with van der Waals surface area (Å²) in [6.45, 7) is 0.591. The van der Waals surface area contributed by atoms with E-state index in [1.54, 1.807) is 0 Å². The molecule has 0 radical (unpaired) electrons. The van der Waals surface area contributed by atoms with E-state index < -0.39 is 0 Å². The molecule has 2 heteroatoms. The van der Waals surface area contributed by atoms with Gasteiger partial charge in [-0.1, -0.05) is 78.9 Å². The van der Waals surface area contributed by atoms with Gasteiger partial charge in [-0.3, -0.25) is 0 Å². The molecule has 3 aromatic rings. The summed E-state index contributed by atoms with van der Waals surface area (Å²) < 4.78 is 0. The topological polar surface area (TPSA) is 26.0 Å². The monoisotopic (exact) mass is 295 g/mol. The molecule has 0 amide bonds. The highest BCUT2D eigenvalue weighted by Gasteiger charge is 2.00. The molecular formula is C19H18ClN. The Balaban J connectivity index is 0.00000161. The molecular weight excluding hydrogens is 278 g/mol. The van der Waals surface area contributed by atoms with Crippen LogP contribution in [0.25, 0.3) is 22.3 Å². The fourth-order valence-corrected chi connectivity index (χ4v) is 2.32. The van der Waals surface area contributed by atoms with Crippen molar-refractivity contribution in [3.8, 4) is 22.3 Å². The van der Waals surface area contributed by atoms with Gasteiger partial charge in [0.05, 0.1) is 0 Å². The lowest BCUT2D eigenvalue weighted by atomic mass is 10.00. The van der Waals surface area contributed by atoms with Crippen LogP contribution < -0.4 is 5.73 Å². The minimum atomic E-state index is 0. The molecule has 0 spiro atoms. The van der Waals surface area contributed by atoms with E-state index in [4.69, 9.17) is 5.73 Å². The van der Waals surface area contributed by atoms with Crippen LogP contribution in [0.1, 0.15) is 5.56 Å². The third-order valence-corrected chi connectivity index (χ3v) is 3.51. The summed E-state index contributed by atoms with van der Waals surface area (Å²) in [6.07, 6.45) is 0. The predicted octanol–water partition coefficient (Wildman–Crippen LogP) is 4.90. The third kappa shape index (κ3) is 3.52.